The molecule has 0 bridgehead atoms. The maximum Gasteiger partial charge on any atom is 0.328 e. The van der Waals surface area contributed by atoms with Gasteiger partial charge in [-0.1, -0.05) is 12.8 Å². The third-order valence-electron chi connectivity index (χ3n) is 6.79. The summed E-state index contributed by atoms with van der Waals surface area (Å²) in [6.07, 6.45) is 14.8. The van der Waals surface area contributed by atoms with Crippen LogP contribution in [-0.2, 0) is 19.2 Å². The highest BCUT2D eigenvalue weighted by molar-refractivity contribution is 5.90. The number of likely N-dealkylation sites (tertiary alicyclic amines) is 2. The molecule has 3 aliphatic rings. The second-order valence-electron chi connectivity index (χ2n) is 10.0. The molecule has 234 valence electrons. The molecule has 0 unspecified atom stereocenters. The monoisotopic (exact) mass is 592 g/mol. The Morgan fingerprint density at radius 2 is 0.929 bits per heavy atom. The number of rotatable bonds is 12. The quantitative estimate of drug-likeness (QED) is 0.188. The van der Waals surface area contributed by atoms with Crippen LogP contribution in [0.3, 0.4) is 0 Å². The van der Waals surface area contributed by atoms with Gasteiger partial charge in [0, 0.05) is 50.5 Å². The molecule has 0 aromatic carbocycles. The van der Waals surface area contributed by atoms with Gasteiger partial charge in [0.15, 0.2) is 0 Å². The summed E-state index contributed by atoms with van der Waals surface area (Å²) in [6, 6.07) is 0. The third-order valence-corrected chi connectivity index (χ3v) is 6.79. The fraction of sp³-hybridized carbons (Fsp3) is 0.643. The van der Waals surface area contributed by atoms with E-state index in [9.17, 15) is 19.2 Å². The van der Waals surface area contributed by atoms with Gasteiger partial charge in [-0.15, -0.1) is 4.99 Å². The Morgan fingerprint density at radius 3 is 1.21 bits per heavy atom. The number of piperidine rings is 2. The average Bonchev–Trinajstić information content (AvgIpc) is 3.34. The fourth-order valence-corrected chi connectivity index (χ4v) is 4.87. The van der Waals surface area contributed by atoms with Crippen LogP contribution < -0.4 is 0 Å². The highest BCUT2D eigenvalue weighted by atomic mass is 16.4. The Kier molecular flexibility index (Phi) is 18.7. The summed E-state index contributed by atoms with van der Waals surface area (Å²) in [5.41, 5.74) is 0. The zero-order chi connectivity index (χ0) is 31.2. The first-order chi connectivity index (χ1) is 20.1. The number of carboxylic acids is 4. The van der Waals surface area contributed by atoms with Crippen LogP contribution in [0.15, 0.2) is 29.3 Å². The number of hydrogen-bond donors (Lipinski definition) is 4. The van der Waals surface area contributed by atoms with E-state index < -0.39 is 23.9 Å². The molecule has 0 saturated carbocycles. The van der Waals surface area contributed by atoms with E-state index in [0.29, 0.717) is 24.3 Å². The number of guanidine groups is 1. The van der Waals surface area contributed by atoms with E-state index in [1.807, 2.05) is 6.19 Å². The smallest absolute Gasteiger partial charge is 0.328 e. The molecule has 0 aliphatic carbocycles. The lowest BCUT2D eigenvalue weighted by molar-refractivity contribution is -0.134. The summed E-state index contributed by atoms with van der Waals surface area (Å²) >= 11 is 0. The van der Waals surface area contributed by atoms with Crippen LogP contribution in [0.5, 0.6) is 0 Å². The van der Waals surface area contributed by atoms with Crippen molar-refractivity contribution in [3.05, 3.63) is 24.3 Å². The SMILES string of the molecule is N#CN=C1N(CCCN2CCCCC2)CCN1CCCN1CCCCC1.O=C(O)/C=C/C(=O)O.O=C(O)/C=C/C(=O)O. The highest BCUT2D eigenvalue weighted by Gasteiger charge is 2.26. The minimum absolute atomic E-state index is 0.558. The maximum absolute atomic E-state index is 9.55. The Bertz CT molecular complexity index is 881. The largest absolute Gasteiger partial charge is 0.478 e. The van der Waals surface area contributed by atoms with Gasteiger partial charge in [0.2, 0.25) is 12.2 Å². The van der Waals surface area contributed by atoms with Crippen molar-refractivity contribution in [2.24, 2.45) is 4.99 Å². The summed E-state index contributed by atoms with van der Waals surface area (Å²) in [5, 5.41) is 40.4. The molecule has 14 heteroatoms. The van der Waals surface area contributed by atoms with E-state index in [2.05, 4.69) is 24.6 Å². The predicted octanol–water partition coefficient (Wildman–Crippen LogP) is 1.62. The number of aliphatic imine (C=N–C) groups is 1. The summed E-state index contributed by atoms with van der Waals surface area (Å²) in [4.78, 5) is 52.2. The lowest BCUT2D eigenvalue weighted by Crippen LogP contribution is -2.38. The van der Waals surface area contributed by atoms with Gasteiger partial charge in [-0.3, -0.25) is 0 Å². The van der Waals surface area contributed by atoms with E-state index in [-0.39, 0.29) is 0 Å². The predicted molar refractivity (Wildman–Crippen MR) is 155 cm³/mol. The highest BCUT2D eigenvalue weighted by Crippen LogP contribution is 2.14. The summed E-state index contributed by atoms with van der Waals surface area (Å²) in [6.45, 7) is 11.5. The Hall–Kier alpha value is -3.96. The van der Waals surface area contributed by atoms with Crippen LogP contribution >= 0.6 is 0 Å². The second kappa shape index (κ2) is 21.7. The van der Waals surface area contributed by atoms with Crippen molar-refractivity contribution in [3.63, 3.8) is 0 Å². The van der Waals surface area contributed by atoms with Gasteiger partial charge in [0.1, 0.15) is 0 Å². The van der Waals surface area contributed by atoms with E-state index >= 15 is 0 Å². The van der Waals surface area contributed by atoms with Gasteiger partial charge < -0.3 is 40.0 Å². The van der Waals surface area contributed by atoms with Crippen molar-refractivity contribution in [1.29, 1.82) is 5.26 Å². The van der Waals surface area contributed by atoms with Crippen molar-refractivity contribution in [3.8, 4) is 6.19 Å². The molecule has 0 spiro atoms. The van der Waals surface area contributed by atoms with Crippen LogP contribution in [0, 0.1) is 11.5 Å². The molecular weight excluding hydrogens is 548 g/mol. The van der Waals surface area contributed by atoms with Gasteiger partial charge in [-0.25, -0.2) is 19.2 Å². The van der Waals surface area contributed by atoms with E-state index in [0.717, 1.165) is 32.1 Å². The summed E-state index contributed by atoms with van der Waals surface area (Å²) in [5.74, 6) is -4.11. The number of carbonyl (C=O) groups is 4. The molecule has 3 saturated heterocycles. The van der Waals surface area contributed by atoms with Crippen LogP contribution in [-0.4, -0.2) is 135 Å². The second-order valence-corrected chi connectivity index (χ2v) is 10.0. The molecule has 0 amide bonds. The Morgan fingerprint density at radius 1 is 0.595 bits per heavy atom. The number of hydrogen-bond acceptors (Lipinski definition) is 8. The van der Waals surface area contributed by atoms with Crippen molar-refractivity contribution >= 4 is 29.8 Å². The zero-order valence-corrected chi connectivity index (χ0v) is 24.1. The fourth-order valence-electron chi connectivity index (χ4n) is 4.87. The van der Waals surface area contributed by atoms with Crippen LogP contribution in [0.4, 0.5) is 0 Å². The first-order valence-corrected chi connectivity index (χ1v) is 14.3. The first-order valence-electron chi connectivity index (χ1n) is 14.3. The molecule has 0 atom stereocenters. The number of carboxylic acid groups (broad SMARTS) is 4. The third kappa shape index (κ3) is 17.7. The molecule has 4 N–H and O–H groups in total. The zero-order valence-electron chi connectivity index (χ0n) is 24.1. The lowest BCUT2D eigenvalue weighted by atomic mass is 10.1. The van der Waals surface area contributed by atoms with Gasteiger partial charge in [0.05, 0.1) is 0 Å². The average molecular weight is 593 g/mol. The molecule has 14 nitrogen and oxygen atoms in total. The number of nitrogens with zero attached hydrogens (tertiary/aromatic N) is 6. The van der Waals surface area contributed by atoms with Gasteiger partial charge in [-0.2, -0.15) is 5.26 Å². The van der Waals surface area contributed by atoms with Gasteiger partial charge in [-0.05, 0) is 77.8 Å². The van der Waals surface area contributed by atoms with E-state index in [1.165, 1.54) is 90.6 Å². The van der Waals surface area contributed by atoms with Crippen molar-refractivity contribution in [2.75, 3.05) is 65.4 Å². The minimum Gasteiger partial charge on any atom is -0.478 e. The molecule has 0 aromatic heterocycles. The van der Waals surface area contributed by atoms with Crippen LogP contribution in [0.1, 0.15) is 51.4 Å². The van der Waals surface area contributed by atoms with Crippen LogP contribution in [0.25, 0.3) is 0 Å². The van der Waals surface area contributed by atoms with Gasteiger partial charge >= 0.3 is 23.9 Å². The molecular formula is C28H44N6O8. The first kappa shape index (κ1) is 36.1. The molecule has 3 heterocycles. The normalized spacial score (nSPS) is 17.6. The Balaban J connectivity index is 0.000000454. The van der Waals surface area contributed by atoms with E-state index in [1.54, 1.807) is 0 Å². The minimum atomic E-state index is -1.26. The summed E-state index contributed by atoms with van der Waals surface area (Å²) in [7, 11) is 0. The topological polar surface area (TPSA) is 198 Å². The van der Waals surface area contributed by atoms with Crippen LogP contribution in [0.2, 0.25) is 0 Å². The molecule has 0 aromatic rings. The van der Waals surface area contributed by atoms with Crippen molar-refractivity contribution in [1.82, 2.24) is 19.6 Å². The lowest BCUT2D eigenvalue weighted by Gasteiger charge is -2.28. The number of nitriles is 1. The summed E-state index contributed by atoms with van der Waals surface area (Å²) < 4.78 is 0. The molecule has 42 heavy (non-hydrogen) atoms. The van der Waals surface area contributed by atoms with Crippen molar-refractivity contribution in [2.45, 2.75) is 51.4 Å². The number of aliphatic carboxylic acids is 4. The standard InChI is InChI=1S/C20H36N6.2C4H4O4/c21-19-22-20-25(15-7-13-23-9-3-1-4-10-23)17-18-26(20)16-8-14-24-11-5-2-6-12-24;2*5-3(6)1-2-4(7)8/h1-18H2;2*1-2H,(H,5,6)(H,7,8)/b;2*2-1+. The Labute approximate surface area is 246 Å². The van der Waals surface area contributed by atoms with Crippen molar-refractivity contribution < 1.29 is 39.6 Å². The molecule has 3 aliphatic heterocycles. The van der Waals surface area contributed by atoms with Gasteiger partial charge in [0.25, 0.3) is 0 Å². The molecule has 3 fully saturated rings. The maximum atomic E-state index is 9.55. The van der Waals surface area contributed by atoms with E-state index in [4.69, 9.17) is 25.7 Å². The molecule has 0 radical (unpaired) electrons. The molecule has 3 rings (SSSR count).